The van der Waals surface area contributed by atoms with Crippen molar-refractivity contribution < 1.29 is 68.1 Å². The van der Waals surface area contributed by atoms with E-state index in [1.807, 2.05) is 6.92 Å². The van der Waals surface area contributed by atoms with E-state index in [1.54, 1.807) is 0 Å². The molecule has 0 saturated carbocycles. The van der Waals surface area contributed by atoms with Gasteiger partial charge in [0.2, 0.25) is 0 Å². The van der Waals surface area contributed by atoms with Crippen LogP contribution in [0.5, 0.6) is 0 Å². The van der Waals surface area contributed by atoms with Gasteiger partial charge >= 0.3 is 58.2 Å². The zero-order valence-corrected chi connectivity index (χ0v) is 14.2. The molecule has 0 saturated heterocycles. The number of aliphatic carboxylic acids is 1. The Morgan fingerprint density at radius 1 is 1.31 bits per heavy atom. The first-order valence-corrected chi connectivity index (χ1v) is 4.76. The second kappa shape index (κ2) is 9.82. The van der Waals surface area contributed by atoms with Gasteiger partial charge in [0.1, 0.15) is 0 Å². The van der Waals surface area contributed by atoms with Crippen LogP contribution in [0, 0.1) is 11.8 Å². The Labute approximate surface area is 130 Å². The molecule has 2 nitrogen and oxygen atoms in total. The van der Waals surface area contributed by atoms with Crippen molar-refractivity contribution in [1.29, 1.82) is 0 Å². The van der Waals surface area contributed by atoms with Crippen molar-refractivity contribution in [3.05, 3.63) is 0 Å². The largest absolute Gasteiger partial charge is 1.00 e. The Kier molecular flexibility index (Phi) is 12.6. The molecule has 13 heavy (non-hydrogen) atoms. The van der Waals surface area contributed by atoms with Crippen LogP contribution >= 0.6 is 0 Å². The quantitative estimate of drug-likeness (QED) is 0.586. The molecular formula is C10H19O2Rb. The average molecular weight is 257 g/mol. The molecular weight excluding hydrogens is 238 g/mol. The molecule has 0 aliphatic rings. The molecule has 0 rings (SSSR count). The van der Waals surface area contributed by atoms with Gasteiger partial charge in [0.05, 0.1) is 0 Å². The molecule has 0 heterocycles. The summed E-state index contributed by atoms with van der Waals surface area (Å²) in [7, 11) is 0. The van der Waals surface area contributed by atoms with Crippen LogP contribution in [0.1, 0.15) is 46.5 Å². The summed E-state index contributed by atoms with van der Waals surface area (Å²) in [6.07, 6.45) is 3.58. The maximum atomic E-state index is 10.2. The van der Waals surface area contributed by atoms with E-state index in [-0.39, 0.29) is 70.5 Å². The fourth-order valence-electron chi connectivity index (χ4n) is 1.67. The molecule has 0 aromatic carbocycles. The molecule has 0 aromatic rings. The van der Waals surface area contributed by atoms with Crippen LogP contribution in [-0.2, 0) is 4.79 Å². The standard InChI is InChI=1S/C10H20O2.Rb/c1-4-5-8(2)6-9(3)7-10(11)12;/h8-9H,4-7H2,1-3H3,(H,11,12);/q;+1/p-1/t8-,9-;/m1./s1. The number of carboxylic acid groups (broad SMARTS) is 1. The van der Waals surface area contributed by atoms with E-state index in [4.69, 9.17) is 0 Å². The molecule has 0 aliphatic carbocycles. The molecule has 2 atom stereocenters. The SMILES string of the molecule is CCC[C@@H](C)C[C@@H](C)CC(=O)[O-].[Rb+]. The zero-order valence-electron chi connectivity index (χ0n) is 9.30. The summed E-state index contributed by atoms with van der Waals surface area (Å²) in [6.45, 7) is 6.30. The summed E-state index contributed by atoms with van der Waals surface area (Å²) < 4.78 is 0. The van der Waals surface area contributed by atoms with E-state index in [2.05, 4.69) is 13.8 Å². The van der Waals surface area contributed by atoms with Crippen LogP contribution in [0.15, 0.2) is 0 Å². The van der Waals surface area contributed by atoms with E-state index in [1.165, 1.54) is 12.8 Å². The monoisotopic (exact) mass is 256 g/mol. The van der Waals surface area contributed by atoms with E-state index in [0.717, 1.165) is 6.42 Å². The van der Waals surface area contributed by atoms with Crippen LogP contribution in [0.2, 0.25) is 0 Å². The predicted molar refractivity (Wildman–Crippen MR) is 47.5 cm³/mol. The summed E-state index contributed by atoms with van der Waals surface area (Å²) in [5.41, 5.74) is 0. The van der Waals surface area contributed by atoms with Gasteiger partial charge in [0.25, 0.3) is 0 Å². The van der Waals surface area contributed by atoms with E-state index < -0.39 is 5.97 Å². The molecule has 0 N–H and O–H groups in total. The number of hydrogen-bond acceptors (Lipinski definition) is 2. The summed E-state index contributed by atoms with van der Waals surface area (Å²) in [5, 5.41) is 10.2. The third-order valence-electron chi connectivity index (χ3n) is 2.10. The molecule has 0 amide bonds. The maximum Gasteiger partial charge on any atom is 1.00 e. The Hall–Kier alpha value is 1.28. The zero-order chi connectivity index (χ0) is 9.56. The minimum absolute atomic E-state index is 0. The Bertz CT molecular complexity index is 137. The van der Waals surface area contributed by atoms with Gasteiger partial charge in [0, 0.05) is 5.97 Å². The Morgan fingerprint density at radius 3 is 2.23 bits per heavy atom. The van der Waals surface area contributed by atoms with Crippen LogP contribution in [0.25, 0.3) is 0 Å². The average Bonchev–Trinajstić information content (AvgIpc) is 1.84. The van der Waals surface area contributed by atoms with Crippen molar-refractivity contribution in [3.63, 3.8) is 0 Å². The summed E-state index contributed by atoms with van der Waals surface area (Å²) in [6, 6.07) is 0. The number of carboxylic acids is 1. The van der Waals surface area contributed by atoms with E-state index in [9.17, 15) is 9.90 Å². The van der Waals surface area contributed by atoms with E-state index >= 15 is 0 Å². The molecule has 0 aromatic heterocycles. The maximum absolute atomic E-state index is 10.2. The van der Waals surface area contributed by atoms with Gasteiger partial charge in [-0.25, -0.2) is 0 Å². The molecule has 3 heteroatoms. The van der Waals surface area contributed by atoms with Gasteiger partial charge in [-0.3, -0.25) is 0 Å². The van der Waals surface area contributed by atoms with Gasteiger partial charge in [-0.05, 0) is 24.7 Å². The molecule has 0 radical (unpaired) electrons. The second-order valence-electron chi connectivity index (χ2n) is 3.81. The molecule has 72 valence electrons. The van der Waals surface area contributed by atoms with Crippen LogP contribution in [0.3, 0.4) is 0 Å². The number of carbonyl (C=O) groups excluding carboxylic acids is 1. The van der Waals surface area contributed by atoms with Crippen molar-refractivity contribution in [2.75, 3.05) is 0 Å². The van der Waals surface area contributed by atoms with Gasteiger partial charge < -0.3 is 9.90 Å². The first-order valence-electron chi connectivity index (χ1n) is 4.76. The van der Waals surface area contributed by atoms with Gasteiger partial charge in [0.15, 0.2) is 0 Å². The number of hydrogen-bond donors (Lipinski definition) is 0. The second-order valence-corrected chi connectivity index (χ2v) is 3.81. The molecule has 0 aliphatic heterocycles. The summed E-state index contributed by atoms with van der Waals surface area (Å²) in [5.74, 6) is -0.0212. The fourth-order valence-corrected chi connectivity index (χ4v) is 1.67. The normalized spacial score (nSPS) is 14.4. The Morgan fingerprint density at radius 2 is 1.85 bits per heavy atom. The first-order chi connectivity index (χ1) is 5.56. The van der Waals surface area contributed by atoms with Crippen molar-refractivity contribution in [3.8, 4) is 0 Å². The molecule has 0 spiro atoms. The number of rotatable bonds is 6. The van der Waals surface area contributed by atoms with Crippen molar-refractivity contribution in [2.45, 2.75) is 46.5 Å². The van der Waals surface area contributed by atoms with Crippen molar-refractivity contribution in [1.82, 2.24) is 0 Å². The summed E-state index contributed by atoms with van der Waals surface area (Å²) >= 11 is 0. The van der Waals surface area contributed by atoms with Gasteiger partial charge in [-0.2, -0.15) is 0 Å². The molecule has 0 bridgehead atoms. The van der Waals surface area contributed by atoms with Crippen molar-refractivity contribution >= 4 is 5.97 Å². The predicted octanol–water partition coefficient (Wildman–Crippen LogP) is -1.41. The molecule has 0 fully saturated rings. The van der Waals surface area contributed by atoms with Gasteiger partial charge in [-0.15, -0.1) is 0 Å². The first kappa shape index (κ1) is 16.7. The summed E-state index contributed by atoms with van der Waals surface area (Å²) in [4.78, 5) is 10.2. The smallest absolute Gasteiger partial charge is 0.550 e. The fraction of sp³-hybridized carbons (Fsp3) is 0.900. The minimum atomic E-state index is -0.925. The molecule has 0 unspecified atom stereocenters. The van der Waals surface area contributed by atoms with Crippen molar-refractivity contribution in [2.24, 2.45) is 11.8 Å². The third-order valence-corrected chi connectivity index (χ3v) is 2.10. The third kappa shape index (κ3) is 11.2. The number of carbonyl (C=O) groups is 1. The van der Waals surface area contributed by atoms with Gasteiger partial charge in [-0.1, -0.05) is 33.6 Å². The topological polar surface area (TPSA) is 40.1 Å². The minimum Gasteiger partial charge on any atom is -0.550 e. The Balaban J connectivity index is 0. The van der Waals surface area contributed by atoms with Crippen LogP contribution in [0.4, 0.5) is 0 Å². The van der Waals surface area contributed by atoms with E-state index in [0.29, 0.717) is 5.92 Å². The van der Waals surface area contributed by atoms with Crippen LogP contribution in [-0.4, -0.2) is 5.97 Å². The van der Waals surface area contributed by atoms with Crippen LogP contribution < -0.4 is 63.3 Å².